The highest BCUT2D eigenvalue weighted by atomic mass is 16.6. The molecule has 1 aromatic rings. The van der Waals surface area contributed by atoms with Crippen LogP contribution in [0.5, 0.6) is 0 Å². The molecule has 0 N–H and O–H groups in total. The molecule has 0 aromatic heterocycles. The quantitative estimate of drug-likeness (QED) is 0.185. The molecule has 2 fully saturated rings. The van der Waals surface area contributed by atoms with Crippen LogP contribution in [0.25, 0.3) is 0 Å². The number of benzene rings is 1. The van der Waals surface area contributed by atoms with Crippen LogP contribution in [0.4, 0.5) is 4.79 Å². The molecule has 198 valence electrons. The van der Waals surface area contributed by atoms with Gasteiger partial charge in [-0.25, -0.2) is 4.79 Å². The average molecular weight is 496 g/mol. The first-order valence-corrected chi connectivity index (χ1v) is 14.2. The first kappa shape index (κ1) is 28.1. The second-order valence-electron chi connectivity index (χ2n) is 10.6. The maximum absolute atomic E-state index is 13.1. The number of hydrogen-bond acceptors (Lipinski definition) is 4. The number of methoxy groups -OCH3 is 1. The van der Waals surface area contributed by atoms with Crippen LogP contribution in [-0.4, -0.2) is 42.3 Å². The van der Waals surface area contributed by atoms with Gasteiger partial charge >= 0.3 is 12.1 Å². The smallest absolute Gasteiger partial charge is 0.409 e. The number of esters is 1. The largest absolute Gasteiger partial charge is 0.453 e. The van der Waals surface area contributed by atoms with Crippen LogP contribution in [-0.2, 0) is 14.3 Å². The number of aryl methyl sites for hydroxylation is 1. The highest BCUT2D eigenvalue weighted by molar-refractivity contribution is 5.71. The molecule has 0 radical (unpaired) electrons. The molecule has 0 bridgehead atoms. The fourth-order valence-corrected chi connectivity index (χ4v) is 5.90. The molecule has 1 aliphatic carbocycles. The molecule has 36 heavy (non-hydrogen) atoms. The zero-order valence-corrected chi connectivity index (χ0v) is 22.7. The number of ether oxygens (including phenoxy) is 2. The van der Waals surface area contributed by atoms with Gasteiger partial charge in [0, 0.05) is 30.5 Å². The third kappa shape index (κ3) is 7.76. The van der Waals surface area contributed by atoms with Crippen LogP contribution in [0, 0.1) is 24.7 Å². The molecule has 5 heteroatoms. The second kappa shape index (κ2) is 14.3. The van der Waals surface area contributed by atoms with Crippen LogP contribution in [0.3, 0.4) is 0 Å². The molecule has 3 atom stereocenters. The Morgan fingerprint density at radius 1 is 1.06 bits per heavy atom. The number of hydrogen-bond donors (Lipinski definition) is 0. The van der Waals surface area contributed by atoms with Crippen molar-refractivity contribution in [1.82, 2.24) is 4.90 Å². The first-order valence-electron chi connectivity index (χ1n) is 14.2. The minimum atomic E-state index is -0.855. The Morgan fingerprint density at radius 3 is 2.47 bits per heavy atom. The minimum absolute atomic E-state index is 0.00137. The summed E-state index contributed by atoms with van der Waals surface area (Å²) in [5.74, 6) is 6.59. The normalized spacial score (nSPS) is 22.9. The average Bonchev–Trinajstić information content (AvgIpc) is 3.32. The zero-order valence-electron chi connectivity index (χ0n) is 22.7. The van der Waals surface area contributed by atoms with Gasteiger partial charge in [-0.05, 0) is 62.6 Å². The summed E-state index contributed by atoms with van der Waals surface area (Å²) in [5.41, 5.74) is 1.22. The number of likely N-dealkylation sites (tertiary alicyclic amines) is 1. The van der Waals surface area contributed by atoms with Gasteiger partial charge < -0.3 is 14.4 Å². The number of amides is 1. The van der Waals surface area contributed by atoms with Crippen molar-refractivity contribution < 1.29 is 19.1 Å². The molecule has 3 rings (SSSR count). The first-order chi connectivity index (χ1) is 17.5. The Labute approximate surface area is 218 Å². The van der Waals surface area contributed by atoms with E-state index in [1.54, 1.807) is 4.90 Å². The summed E-state index contributed by atoms with van der Waals surface area (Å²) >= 11 is 0. The van der Waals surface area contributed by atoms with Crippen LogP contribution in [0.15, 0.2) is 24.3 Å². The van der Waals surface area contributed by atoms with E-state index in [2.05, 4.69) is 24.8 Å². The summed E-state index contributed by atoms with van der Waals surface area (Å²) in [7, 11) is 1.43. The lowest BCUT2D eigenvalue weighted by Crippen LogP contribution is -2.51. The summed E-state index contributed by atoms with van der Waals surface area (Å²) in [5, 5.41) is 0. The van der Waals surface area contributed by atoms with E-state index in [4.69, 9.17) is 9.47 Å². The van der Waals surface area contributed by atoms with Gasteiger partial charge in [-0.2, -0.15) is 0 Å². The predicted molar refractivity (Wildman–Crippen MR) is 144 cm³/mol. The summed E-state index contributed by atoms with van der Waals surface area (Å²) < 4.78 is 11.3. The van der Waals surface area contributed by atoms with Crippen molar-refractivity contribution in [2.24, 2.45) is 5.92 Å². The molecule has 1 amide bonds. The summed E-state index contributed by atoms with van der Waals surface area (Å²) in [4.78, 5) is 27.2. The Bertz CT molecular complexity index is 917. The number of carbonyl (C=O) groups excluding carboxylic acids is 2. The monoisotopic (exact) mass is 495 g/mol. The lowest BCUT2D eigenvalue weighted by atomic mass is 9.72. The van der Waals surface area contributed by atoms with E-state index >= 15 is 0 Å². The van der Waals surface area contributed by atoms with Gasteiger partial charge in [0.15, 0.2) is 5.60 Å². The van der Waals surface area contributed by atoms with E-state index in [1.807, 2.05) is 25.1 Å². The van der Waals surface area contributed by atoms with Crippen molar-refractivity contribution in [1.29, 1.82) is 0 Å². The van der Waals surface area contributed by atoms with Crippen molar-refractivity contribution in [3.05, 3.63) is 35.4 Å². The Kier molecular flexibility index (Phi) is 11.2. The van der Waals surface area contributed by atoms with Crippen LogP contribution < -0.4 is 0 Å². The van der Waals surface area contributed by atoms with Gasteiger partial charge in [0.1, 0.15) is 0 Å². The van der Waals surface area contributed by atoms with E-state index in [9.17, 15) is 9.59 Å². The van der Waals surface area contributed by atoms with Crippen molar-refractivity contribution in [3.8, 4) is 11.8 Å². The summed E-state index contributed by atoms with van der Waals surface area (Å²) in [6.07, 6.45) is 14.3. The highest BCUT2D eigenvalue weighted by Crippen LogP contribution is 2.45. The highest BCUT2D eigenvalue weighted by Gasteiger charge is 2.53. The molecular formula is C31H45NO4. The second-order valence-corrected chi connectivity index (χ2v) is 10.6. The summed E-state index contributed by atoms with van der Waals surface area (Å²) in [6, 6.07) is 8.10. The molecule has 1 aromatic carbocycles. The van der Waals surface area contributed by atoms with E-state index in [0.717, 1.165) is 43.2 Å². The maximum atomic E-state index is 13.1. The number of fused-ring (bicyclic) bond motifs is 1. The van der Waals surface area contributed by atoms with Gasteiger partial charge in [0.25, 0.3) is 0 Å². The molecule has 2 aliphatic rings. The lowest BCUT2D eigenvalue weighted by molar-refractivity contribution is -0.162. The van der Waals surface area contributed by atoms with Crippen LogP contribution >= 0.6 is 0 Å². The third-order valence-electron chi connectivity index (χ3n) is 7.82. The number of unbranched alkanes of at least 4 members (excludes halogenated alkanes) is 8. The minimum Gasteiger partial charge on any atom is -0.453 e. The topological polar surface area (TPSA) is 55.8 Å². The number of rotatable bonds is 11. The van der Waals surface area contributed by atoms with E-state index in [0.29, 0.717) is 19.4 Å². The number of nitrogens with zero attached hydrogens (tertiary/aromatic N) is 1. The Hall–Kier alpha value is -2.48. The Morgan fingerprint density at radius 2 is 1.78 bits per heavy atom. The van der Waals surface area contributed by atoms with Crippen molar-refractivity contribution in [2.75, 3.05) is 13.7 Å². The van der Waals surface area contributed by atoms with Gasteiger partial charge in [-0.3, -0.25) is 4.79 Å². The third-order valence-corrected chi connectivity index (χ3v) is 7.82. The van der Waals surface area contributed by atoms with Crippen LogP contribution in [0.1, 0.15) is 108 Å². The SMILES string of the molecule is CCCCCCCCCCCC(=O)O[C@@]1(C#Cc2cccc(C)c2)CCC[C@@H]2[C@H]1CCN2C(=O)OC. The molecule has 0 unspecified atom stereocenters. The molecular weight excluding hydrogens is 450 g/mol. The predicted octanol–water partition coefficient (Wildman–Crippen LogP) is 7.19. The maximum Gasteiger partial charge on any atom is 0.409 e. The van der Waals surface area contributed by atoms with Crippen molar-refractivity contribution in [3.63, 3.8) is 0 Å². The van der Waals surface area contributed by atoms with E-state index in [1.165, 1.54) is 52.1 Å². The van der Waals surface area contributed by atoms with Crippen LogP contribution in [0.2, 0.25) is 0 Å². The number of carbonyl (C=O) groups is 2. The lowest BCUT2D eigenvalue weighted by Gasteiger charge is -2.42. The molecule has 1 saturated heterocycles. The molecule has 1 aliphatic heterocycles. The molecule has 0 spiro atoms. The summed E-state index contributed by atoms with van der Waals surface area (Å²) in [6.45, 7) is 4.91. The van der Waals surface area contributed by atoms with Crippen molar-refractivity contribution >= 4 is 12.1 Å². The Balaban J connectivity index is 1.64. The zero-order chi connectivity index (χ0) is 25.8. The van der Waals surface area contributed by atoms with Gasteiger partial charge in [0.05, 0.1) is 7.11 Å². The fourth-order valence-electron chi connectivity index (χ4n) is 5.90. The molecule has 5 nitrogen and oxygen atoms in total. The van der Waals surface area contributed by atoms with E-state index in [-0.39, 0.29) is 24.0 Å². The molecule has 1 heterocycles. The van der Waals surface area contributed by atoms with Gasteiger partial charge in [0.2, 0.25) is 0 Å². The van der Waals surface area contributed by atoms with E-state index < -0.39 is 5.60 Å². The van der Waals surface area contributed by atoms with Gasteiger partial charge in [-0.1, -0.05) is 76.3 Å². The van der Waals surface area contributed by atoms with Gasteiger partial charge in [-0.15, -0.1) is 0 Å². The fraction of sp³-hybridized carbons (Fsp3) is 0.677. The molecule has 1 saturated carbocycles. The standard InChI is InChI=1S/C31H45NO4/c1-4-5-6-7-8-9-10-11-12-18-29(33)36-31(22-19-26-16-13-15-25(2)24-26)21-14-17-28-27(31)20-23-32(28)30(34)35-3/h13,15-16,24,27-28H,4-12,14,17-18,20-21,23H2,1-3H3/t27-,28-,31-/m1/s1. The van der Waals surface area contributed by atoms with Crippen molar-refractivity contribution in [2.45, 2.75) is 115 Å².